The van der Waals surface area contributed by atoms with Crippen molar-refractivity contribution in [1.82, 2.24) is 4.90 Å². The lowest BCUT2D eigenvalue weighted by molar-refractivity contribution is -0.133. The fourth-order valence-corrected chi connectivity index (χ4v) is 2.81. The van der Waals surface area contributed by atoms with Gasteiger partial charge in [-0.3, -0.25) is 4.79 Å². The Hall–Kier alpha value is -2.56. The van der Waals surface area contributed by atoms with Gasteiger partial charge in [0.2, 0.25) is 0 Å². The molecular formula is C19H21FN2O2. The number of rotatable bonds is 4. The second-order valence-corrected chi connectivity index (χ2v) is 5.95. The molecular weight excluding hydrogens is 307 g/mol. The smallest absolute Gasteiger partial charge is 0.260 e. The molecule has 0 radical (unpaired) electrons. The van der Waals surface area contributed by atoms with Crippen LogP contribution in [0.15, 0.2) is 48.5 Å². The first-order valence-corrected chi connectivity index (χ1v) is 8.09. The Morgan fingerprint density at radius 3 is 2.46 bits per heavy atom. The van der Waals surface area contributed by atoms with Crippen LogP contribution < -0.4 is 9.64 Å². The number of ether oxygens (including phenoxy) is 1. The number of aryl methyl sites for hydroxylation is 1. The van der Waals surface area contributed by atoms with Gasteiger partial charge in [0.05, 0.1) is 0 Å². The van der Waals surface area contributed by atoms with Crippen LogP contribution in [0.3, 0.4) is 0 Å². The first kappa shape index (κ1) is 16.3. The molecule has 1 fully saturated rings. The van der Waals surface area contributed by atoms with Crippen molar-refractivity contribution in [2.24, 2.45) is 0 Å². The molecule has 0 saturated carbocycles. The number of benzene rings is 2. The molecule has 0 unspecified atom stereocenters. The zero-order valence-electron chi connectivity index (χ0n) is 13.7. The predicted molar refractivity (Wildman–Crippen MR) is 91.9 cm³/mol. The Labute approximate surface area is 141 Å². The third kappa shape index (κ3) is 4.04. The van der Waals surface area contributed by atoms with Crippen molar-refractivity contribution in [3.8, 4) is 5.75 Å². The average molecular weight is 328 g/mol. The monoisotopic (exact) mass is 328 g/mol. The van der Waals surface area contributed by atoms with E-state index in [1.165, 1.54) is 12.1 Å². The number of nitrogens with zero attached hydrogens (tertiary/aromatic N) is 2. The van der Waals surface area contributed by atoms with Crippen molar-refractivity contribution in [3.63, 3.8) is 0 Å². The van der Waals surface area contributed by atoms with E-state index in [0.717, 1.165) is 24.3 Å². The molecule has 0 spiro atoms. The standard InChI is InChI=1S/C19H21FN2O2/c1-15-3-2-4-18(13-15)24-14-19(23)22-11-9-21(10-12-22)17-7-5-16(20)6-8-17/h2-8,13H,9-12,14H2,1H3. The molecule has 1 amide bonds. The maximum atomic E-state index is 13.0. The average Bonchev–Trinajstić information content (AvgIpc) is 2.61. The van der Waals surface area contributed by atoms with Gasteiger partial charge in [0, 0.05) is 31.9 Å². The number of anilines is 1. The van der Waals surface area contributed by atoms with Crippen LogP contribution in [0, 0.1) is 12.7 Å². The van der Waals surface area contributed by atoms with E-state index in [1.54, 1.807) is 12.1 Å². The maximum Gasteiger partial charge on any atom is 0.260 e. The Balaban J connectivity index is 1.49. The minimum Gasteiger partial charge on any atom is -0.484 e. The quantitative estimate of drug-likeness (QED) is 0.865. The summed E-state index contributed by atoms with van der Waals surface area (Å²) in [7, 11) is 0. The van der Waals surface area contributed by atoms with Gasteiger partial charge in [0.1, 0.15) is 11.6 Å². The molecule has 0 atom stereocenters. The summed E-state index contributed by atoms with van der Waals surface area (Å²) in [6.45, 7) is 4.81. The summed E-state index contributed by atoms with van der Waals surface area (Å²) in [6.07, 6.45) is 0. The highest BCUT2D eigenvalue weighted by atomic mass is 19.1. The number of halogens is 1. The molecule has 24 heavy (non-hydrogen) atoms. The molecule has 126 valence electrons. The van der Waals surface area contributed by atoms with Crippen molar-refractivity contribution in [1.29, 1.82) is 0 Å². The van der Waals surface area contributed by atoms with Crippen LogP contribution in [0.2, 0.25) is 0 Å². The lowest BCUT2D eigenvalue weighted by Gasteiger charge is -2.36. The molecule has 2 aromatic carbocycles. The topological polar surface area (TPSA) is 32.8 Å². The molecule has 1 aliphatic heterocycles. The van der Waals surface area contributed by atoms with Crippen LogP contribution >= 0.6 is 0 Å². The highest BCUT2D eigenvalue weighted by molar-refractivity contribution is 5.78. The summed E-state index contributed by atoms with van der Waals surface area (Å²) in [5, 5.41) is 0. The third-order valence-corrected chi connectivity index (χ3v) is 4.18. The van der Waals surface area contributed by atoms with E-state index in [4.69, 9.17) is 4.74 Å². The molecule has 0 N–H and O–H groups in total. The van der Waals surface area contributed by atoms with Crippen molar-refractivity contribution in [3.05, 3.63) is 59.9 Å². The first-order chi connectivity index (χ1) is 11.6. The van der Waals surface area contributed by atoms with E-state index in [9.17, 15) is 9.18 Å². The molecule has 3 rings (SSSR count). The van der Waals surface area contributed by atoms with E-state index in [0.29, 0.717) is 18.8 Å². The summed E-state index contributed by atoms with van der Waals surface area (Å²) in [4.78, 5) is 16.2. The van der Waals surface area contributed by atoms with Crippen LogP contribution in [0.4, 0.5) is 10.1 Å². The number of carbonyl (C=O) groups excluding carboxylic acids is 1. The number of hydrogen-bond donors (Lipinski definition) is 0. The second kappa shape index (κ2) is 7.34. The van der Waals surface area contributed by atoms with Crippen LogP contribution in [0.5, 0.6) is 5.75 Å². The fourth-order valence-electron chi connectivity index (χ4n) is 2.81. The van der Waals surface area contributed by atoms with Crippen LogP contribution in [-0.4, -0.2) is 43.6 Å². The normalized spacial score (nSPS) is 14.6. The lowest BCUT2D eigenvalue weighted by Crippen LogP contribution is -2.50. The number of carbonyl (C=O) groups is 1. The van der Waals surface area contributed by atoms with Gasteiger partial charge in [-0.15, -0.1) is 0 Å². The summed E-state index contributed by atoms with van der Waals surface area (Å²) in [5.41, 5.74) is 2.09. The van der Waals surface area contributed by atoms with Gasteiger partial charge in [0.15, 0.2) is 6.61 Å². The van der Waals surface area contributed by atoms with E-state index in [2.05, 4.69) is 4.90 Å². The molecule has 4 nitrogen and oxygen atoms in total. The summed E-state index contributed by atoms with van der Waals surface area (Å²) >= 11 is 0. The Kier molecular flexibility index (Phi) is 4.99. The number of hydrogen-bond acceptors (Lipinski definition) is 3. The molecule has 2 aromatic rings. The number of amides is 1. The van der Waals surface area contributed by atoms with E-state index >= 15 is 0 Å². The molecule has 1 aliphatic rings. The molecule has 1 saturated heterocycles. The van der Waals surface area contributed by atoms with Gasteiger partial charge in [0.25, 0.3) is 5.91 Å². The maximum absolute atomic E-state index is 13.0. The minimum atomic E-state index is -0.235. The molecule has 0 aromatic heterocycles. The minimum absolute atomic E-state index is 0.00439. The largest absolute Gasteiger partial charge is 0.484 e. The van der Waals surface area contributed by atoms with E-state index < -0.39 is 0 Å². The SMILES string of the molecule is Cc1cccc(OCC(=O)N2CCN(c3ccc(F)cc3)CC2)c1. The second-order valence-electron chi connectivity index (χ2n) is 5.95. The van der Waals surface area contributed by atoms with Gasteiger partial charge in [-0.1, -0.05) is 12.1 Å². The summed E-state index contributed by atoms with van der Waals surface area (Å²) < 4.78 is 18.6. The van der Waals surface area contributed by atoms with Crippen LogP contribution in [0.1, 0.15) is 5.56 Å². The highest BCUT2D eigenvalue weighted by Gasteiger charge is 2.21. The van der Waals surface area contributed by atoms with E-state index in [-0.39, 0.29) is 18.3 Å². The van der Waals surface area contributed by atoms with Crippen molar-refractivity contribution >= 4 is 11.6 Å². The van der Waals surface area contributed by atoms with Gasteiger partial charge >= 0.3 is 0 Å². The fraction of sp³-hybridized carbons (Fsp3) is 0.316. The molecule has 1 heterocycles. The summed E-state index contributed by atoms with van der Waals surface area (Å²) in [5.74, 6) is 0.476. The third-order valence-electron chi connectivity index (χ3n) is 4.18. The van der Waals surface area contributed by atoms with Gasteiger partial charge in [-0.05, 0) is 48.9 Å². The molecule has 5 heteroatoms. The lowest BCUT2D eigenvalue weighted by atomic mass is 10.2. The van der Waals surface area contributed by atoms with Crippen molar-refractivity contribution < 1.29 is 13.9 Å². The Morgan fingerprint density at radius 1 is 1.08 bits per heavy atom. The molecule has 0 aliphatic carbocycles. The van der Waals surface area contributed by atoms with Gasteiger partial charge in [-0.25, -0.2) is 4.39 Å². The Morgan fingerprint density at radius 2 is 1.79 bits per heavy atom. The Bertz CT molecular complexity index is 695. The summed E-state index contributed by atoms with van der Waals surface area (Å²) in [6, 6.07) is 14.1. The highest BCUT2D eigenvalue weighted by Crippen LogP contribution is 2.17. The van der Waals surface area contributed by atoms with Crippen molar-refractivity contribution in [2.75, 3.05) is 37.7 Å². The number of piperazine rings is 1. The van der Waals surface area contributed by atoms with Gasteiger partial charge < -0.3 is 14.5 Å². The van der Waals surface area contributed by atoms with Crippen molar-refractivity contribution in [2.45, 2.75) is 6.92 Å². The zero-order valence-corrected chi connectivity index (χ0v) is 13.7. The first-order valence-electron chi connectivity index (χ1n) is 8.09. The predicted octanol–water partition coefficient (Wildman–Crippen LogP) is 2.86. The van der Waals surface area contributed by atoms with Crippen LogP contribution in [0.25, 0.3) is 0 Å². The zero-order chi connectivity index (χ0) is 16.9. The van der Waals surface area contributed by atoms with Gasteiger partial charge in [-0.2, -0.15) is 0 Å². The van der Waals surface area contributed by atoms with Crippen LogP contribution in [-0.2, 0) is 4.79 Å². The van der Waals surface area contributed by atoms with E-state index in [1.807, 2.05) is 36.1 Å². The molecule has 0 bridgehead atoms.